The Labute approximate surface area is 163 Å². The Morgan fingerprint density at radius 3 is 1.57 bits per heavy atom. The summed E-state index contributed by atoms with van der Waals surface area (Å²) in [7, 11) is -8.84. The minimum absolute atomic E-state index is 0.406. The van der Waals surface area contributed by atoms with Gasteiger partial charge in [0.25, 0.3) is 0 Å². The molecule has 0 bridgehead atoms. The lowest BCUT2D eigenvalue weighted by Gasteiger charge is -2.35. The number of alkyl halides is 3. The van der Waals surface area contributed by atoms with Crippen molar-refractivity contribution in [2.45, 2.75) is 27.1 Å². The van der Waals surface area contributed by atoms with Gasteiger partial charge in [-0.2, -0.15) is 13.2 Å². The molecule has 0 unspecified atom stereocenters. The third-order valence-corrected chi connectivity index (χ3v) is 9.35. The smallest absolute Gasteiger partial charge is 0.255 e. The summed E-state index contributed by atoms with van der Waals surface area (Å²) in [5, 5.41) is 0. The lowest BCUT2D eigenvalue weighted by molar-refractivity contribution is -0.0540. The summed E-state index contributed by atoms with van der Waals surface area (Å²) in [6.45, 7) is 1.73. The van der Waals surface area contributed by atoms with Crippen LogP contribution in [0.4, 0.5) is 13.2 Å². The Hall–Kier alpha value is -2.29. The van der Waals surface area contributed by atoms with Crippen LogP contribution in [0, 0.1) is 6.92 Å². The molecular weight excluding hydrogens is 409 g/mol. The van der Waals surface area contributed by atoms with Gasteiger partial charge in [0.15, 0.2) is 0 Å². The summed E-state index contributed by atoms with van der Waals surface area (Å²) in [6, 6.07) is 23.3. The SMILES string of the molecule is Cc1ccccc1S([OH+]S(=O)(=O)C(F)(F)F)(c1ccccc1)c1ccccc1. The first-order chi connectivity index (χ1) is 13.2. The zero-order chi connectivity index (χ0) is 20.4. The highest BCUT2D eigenvalue weighted by Gasteiger charge is 2.58. The van der Waals surface area contributed by atoms with E-state index in [1.165, 1.54) is 0 Å². The lowest BCUT2D eigenvalue weighted by atomic mass is 10.2. The van der Waals surface area contributed by atoms with Crippen LogP contribution in [0.3, 0.4) is 0 Å². The minimum atomic E-state index is -5.75. The summed E-state index contributed by atoms with van der Waals surface area (Å²) in [4.78, 5) is 1.26. The monoisotopic (exact) mass is 427 g/mol. The molecule has 0 saturated carbocycles. The molecule has 0 aromatic heterocycles. The second kappa shape index (κ2) is 7.62. The van der Waals surface area contributed by atoms with Crippen molar-refractivity contribution < 1.29 is 25.2 Å². The molecule has 0 atom stereocenters. The Bertz CT molecular complexity index is 1010. The summed E-state index contributed by atoms with van der Waals surface area (Å²) < 4.78 is 68.1. The maximum atomic E-state index is 13.3. The summed E-state index contributed by atoms with van der Waals surface area (Å²) in [5.74, 6) is 0. The summed E-state index contributed by atoms with van der Waals surface area (Å²) in [5.41, 5.74) is -4.83. The molecule has 1 N–H and O–H groups in total. The molecule has 3 aromatic rings. The molecule has 148 valence electrons. The first-order valence-corrected chi connectivity index (χ1v) is 11.3. The van der Waals surface area contributed by atoms with E-state index in [0.717, 1.165) is 0 Å². The van der Waals surface area contributed by atoms with Gasteiger partial charge in [0, 0.05) is 0 Å². The van der Waals surface area contributed by atoms with Gasteiger partial charge < -0.3 is 0 Å². The minimum Gasteiger partial charge on any atom is -0.255 e. The third-order valence-electron chi connectivity index (χ3n) is 4.08. The topological polar surface area (TPSA) is 46.9 Å². The highest BCUT2D eigenvalue weighted by Crippen LogP contribution is 2.69. The molecule has 3 nitrogen and oxygen atoms in total. The van der Waals surface area contributed by atoms with Crippen LogP contribution in [0.1, 0.15) is 5.56 Å². The lowest BCUT2D eigenvalue weighted by Crippen LogP contribution is -2.30. The molecule has 0 aliphatic carbocycles. The molecule has 3 rings (SSSR count). The van der Waals surface area contributed by atoms with E-state index < -0.39 is 25.9 Å². The fourth-order valence-electron chi connectivity index (χ4n) is 2.83. The normalized spacial score (nSPS) is 13.3. The van der Waals surface area contributed by atoms with Crippen LogP contribution in [0.5, 0.6) is 0 Å². The van der Waals surface area contributed by atoms with Crippen molar-refractivity contribution in [3.63, 3.8) is 0 Å². The molecule has 3 aromatic carbocycles. The van der Waals surface area contributed by atoms with Gasteiger partial charge >= 0.3 is 15.6 Å². The molecule has 0 saturated heterocycles. The van der Waals surface area contributed by atoms with E-state index in [2.05, 4.69) is 3.63 Å². The maximum Gasteiger partial charge on any atom is 0.572 e. The van der Waals surface area contributed by atoms with Gasteiger partial charge in [-0.15, -0.1) is 8.42 Å². The molecule has 0 heterocycles. The zero-order valence-corrected chi connectivity index (χ0v) is 16.4. The molecule has 0 spiro atoms. The molecule has 0 fully saturated rings. The van der Waals surface area contributed by atoms with Crippen molar-refractivity contribution in [1.82, 2.24) is 0 Å². The third kappa shape index (κ3) is 3.67. The fourth-order valence-corrected chi connectivity index (χ4v) is 8.05. The van der Waals surface area contributed by atoms with Crippen LogP contribution < -0.4 is 0 Å². The van der Waals surface area contributed by atoms with Gasteiger partial charge in [0.1, 0.15) is 0 Å². The Balaban J connectivity index is 2.42. The highest BCUT2D eigenvalue weighted by molar-refractivity contribution is 8.32. The number of halogens is 3. The van der Waals surface area contributed by atoms with Crippen molar-refractivity contribution >= 4 is 20.4 Å². The van der Waals surface area contributed by atoms with Crippen molar-refractivity contribution in [3.05, 3.63) is 90.5 Å². The molecule has 0 aliphatic rings. The zero-order valence-electron chi connectivity index (χ0n) is 14.8. The van der Waals surface area contributed by atoms with E-state index in [9.17, 15) is 21.6 Å². The largest absolute Gasteiger partial charge is 0.572 e. The van der Waals surface area contributed by atoms with E-state index in [4.69, 9.17) is 0 Å². The van der Waals surface area contributed by atoms with Gasteiger partial charge in [-0.3, -0.25) is 3.63 Å². The standard InChI is InChI=1S/C20H17F3O3S2/c1-16-10-8-9-15-19(16)27(17-11-4-2-5-12-17,18-13-6-3-7-14-18)26-28(24,25)20(21,22)23/h2-15H,1H3/p+1. The molecule has 8 heteroatoms. The highest BCUT2D eigenvalue weighted by atomic mass is 32.3. The van der Waals surface area contributed by atoms with E-state index in [1.807, 2.05) is 0 Å². The average molecular weight is 427 g/mol. The number of hydrogen-bond acceptors (Lipinski definition) is 2. The van der Waals surface area contributed by atoms with Crippen LogP contribution in [0.2, 0.25) is 0 Å². The van der Waals surface area contributed by atoms with Crippen molar-refractivity contribution in [2.75, 3.05) is 0 Å². The van der Waals surface area contributed by atoms with E-state index >= 15 is 0 Å². The Morgan fingerprint density at radius 2 is 1.14 bits per heavy atom. The number of aryl methyl sites for hydroxylation is 1. The maximum absolute atomic E-state index is 13.3. The van der Waals surface area contributed by atoms with Gasteiger partial charge in [0.05, 0.1) is 25.0 Å². The summed E-state index contributed by atoms with van der Waals surface area (Å²) in [6.07, 6.45) is 0. The predicted octanol–water partition coefficient (Wildman–Crippen LogP) is 6.14. The van der Waals surface area contributed by atoms with Crippen molar-refractivity contribution in [1.29, 1.82) is 0 Å². The van der Waals surface area contributed by atoms with Gasteiger partial charge in [-0.25, -0.2) is 0 Å². The van der Waals surface area contributed by atoms with Crippen molar-refractivity contribution in [3.8, 4) is 0 Å². The van der Waals surface area contributed by atoms with E-state index in [0.29, 0.717) is 20.2 Å². The second-order valence-electron chi connectivity index (χ2n) is 5.97. The number of rotatable bonds is 5. The van der Waals surface area contributed by atoms with Crippen LogP contribution in [-0.4, -0.2) is 17.6 Å². The first kappa shape index (κ1) is 20.4. The quantitative estimate of drug-likeness (QED) is 0.279. The van der Waals surface area contributed by atoms with Gasteiger partial charge in [0.2, 0.25) is 0 Å². The van der Waals surface area contributed by atoms with E-state index in [-0.39, 0.29) is 0 Å². The molecule has 0 radical (unpaired) electrons. The fraction of sp³-hybridized carbons (Fsp3) is 0.100. The summed E-state index contributed by atoms with van der Waals surface area (Å²) >= 11 is 0. The Morgan fingerprint density at radius 1 is 0.714 bits per heavy atom. The number of benzene rings is 3. The molecule has 0 aliphatic heterocycles. The van der Waals surface area contributed by atoms with Crippen LogP contribution in [0.15, 0.2) is 99.6 Å². The van der Waals surface area contributed by atoms with Crippen LogP contribution in [0.25, 0.3) is 0 Å². The van der Waals surface area contributed by atoms with E-state index in [1.54, 1.807) is 91.9 Å². The second-order valence-corrected chi connectivity index (χ2v) is 10.5. The van der Waals surface area contributed by atoms with Gasteiger partial charge in [-0.1, -0.05) is 54.6 Å². The predicted molar refractivity (Wildman–Crippen MR) is 104 cm³/mol. The molecule has 0 amide bonds. The average Bonchev–Trinajstić information content (AvgIpc) is 2.67. The van der Waals surface area contributed by atoms with Crippen molar-refractivity contribution in [2.24, 2.45) is 0 Å². The van der Waals surface area contributed by atoms with Crippen LogP contribution >= 0.6 is 10.3 Å². The molecular formula is C20H18F3O3S2+. The first-order valence-electron chi connectivity index (χ1n) is 8.23. The van der Waals surface area contributed by atoms with Gasteiger partial charge in [-0.05, 0) is 42.8 Å². The Kier molecular flexibility index (Phi) is 5.56. The number of hydrogen-bond donors (Lipinski definition) is 0. The van der Waals surface area contributed by atoms with Crippen LogP contribution in [-0.2, 0) is 10.1 Å². The molecule has 28 heavy (non-hydrogen) atoms.